The summed E-state index contributed by atoms with van der Waals surface area (Å²) in [4.78, 5) is 11.8. The minimum Gasteiger partial charge on any atom is -0.466 e. The molecule has 1 unspecified atom stereocenters. The van der Waals surface area contributed by atoms with Gasteiger partial charge in [-0.1, -0.05) is 25.7 Å². The molecule has 15 heavy (non-hydrogen) atoms. The van der Waals surface area contributed by atoms with Gasteiger partial charge in [0.05, 0.1) is 12.0 Å². The topological polar surface area (TPSA) is 52.3 Å². The maximum absolute atomic E-state index is 11.8. The molecule has 0 radical (unpaired) electrons. The Kier molecular flexibility index (Phi) is 4.58. The normalized spacial score (nSPS) is 21.3. The van der Waals surface area contributed by atoms with E-state index in [2.05, 4.69) is 0 Å². The van der Waals surface area contributed by atoms with Crippen LogP contribution in [-0.2, 0) is 9.53 Å². The van der Waals surface area contributed by atoms with Crippen molar-refractivity contribution in [1.29, 1.82) is 0 Å². The first-order valence-corrected chi connectivity index (χ1v) is 5.99. The highest BCUT2D eigenvalue weighted by Crippen LogP contribution is 2.36. The van der Waals surface area contributed by atoms with E-state index in [4.69, 9.17) is 10.5 Å². The Morgan fingerprint density at radius 1 is 1.47 bits per heavy atom. The molecule has 3 nitrogen and oxygen atoms in total. The maximum atomic E-state index is 11.8. The smallest absolute Gasteiger partial charge is 0.313 e. The second-order valence-corrected chi connectivity index (χ2v) is 4.84. The van der Waals surface area contributed by atoms with Crippen molar-refractivity contribution in [2.75, 3.05) is 13.2 Å². The maximum Gasteiger partial charge on any atom is 0.313 e. The van der Waals surface area contributed by atoms with Crippen LogP contribution in [0, 0.1) is 11.3 Å². The molecule has 0 aromatic rings. The second kappa shape index (κ2) is 5.50. The van der Waals surface area contributed by atoms with Crippen LogP contribution in [0.1, 0.15) is 46.0 Å². The Balaban J connectivity index is 2.53. The molecular weight excluding hydrogens is 190 g/mol. The molecule has 0 heterocycles. The molecule has 0 bridgehead atoms. The van der Waals surface area contributed by atoms with Crippen LogP contribution in [0.3, 0.4) is 0 Å². The molecule has 1 aliphatic rings. The van der Waals surface area contributed by atoms with E-state index in [0.717, 1.165) is 6.42 Å². The van der Waals surface area contributed by atoms with Gasteiger partial charge >= 0.3 is 5.97 Å². The first-order valence-electron chi connectivity index (χ1n) is 5.99. The summed E-state index contributed by atoms with van der Waals surface area (Å²) >= 11 is 0. The monoisotopic (exact) mass is 213 g/mol. The van der Waals surface area contributed by atoms with Crippen molar-refractivity contribution in [1.82, 2.24) is 0 Å². The van der Waals surface area contributed by atoms with Crippen molar-refractivity contribution in [3.63, 3.8) is 0 Å². The molecule has 0 saturated heterocycles. The van der Waals surface area contributed by atoms with Crippen molar-refractivity contribution >= 4 is 5.97 Å². The minimum absolute atomic E-state index is 0.126. The lowest BCUT2D eigenvalue weighted by Crippen LogP contribution is -2.38. The summed E-state index contributed by atoms with van der Waals surface area (Å²) in [6, 6.07) is 0. The van der Waals surface area contributed by atoms with Crippen LogP contribution in [0.5, 0.6) is 0 Å². The van der Waals surface area contributed by atoms with Crippen LogP contribution < -0.4 is 5.73 Å². The highest BCUT2D eigenvalue weighted by atomic mass is 16.5. The van der Waals surface area contributed by atoms with E-state index in [0.29, 0.717) is 19.1 Å². The third kappa shape index (κ3) is 3.20. The lowest BCUT2D eigenvalue weighted by molar-refractivity contribution is -0.154. The first-order chi connectivity index (χ1) is 7.12. The number of carbonyl (C=O) groups excluding carboxylic acids is 1. The zero-order valence-corrected chi connectivity index (χ0v) is 9.92. The Morgan fingerprint density at radius 3 is 2.53 bits per heavy atom. The van der Waals surface area contributed by atoms with Crippen LogP contribution in [0.2, 0.25) is 0 Å². The number of nitrogens with two attached hydrogens (primary N) is 1. The SMILES string of the molecule is CCOC(=O)C(C)(CN)CC1CCCC1. The van der Waals surface area contributed by atoms with Crippen LogP contribution in [0.25, 0.3) is 0 Å². The standard InChI is InChI=1S/C12H23NO2/c1-3-15-11(14)12(2,9-13)8-10-6-4-5-7-10/h10H,3-9,13H2,1-2H3. The minimum atomic E-state index is -0.467. The Hall–Kier alpha value is -0.570. The van der Waals surface area contributed by atoms with Gasteiger partial charge in [-0.25, -0.2) is 0 Å². The van der Waals surface area contributed by atoms with Gasteiger partial charge in [0.15, 0.2) is 0 Å². The Labute approximate surface area is 92.4 Å². The number of esters is 1. The van der Waals surface area contributed by atoms with E-state index < -0.39 is 5.41 Å². The molecule has 1 fully saturated rings. The van der Waals surface area contributed by atoms with E-state index in [1.165, 1.54) is 25.7 Å². The highest BCUT2D eigenvalue weighted by Gasteiger charge is 2.36. The van der Waals surface area contributed by atoms with Gasteiger partial charge in [0.1, 0.15) is 0 Å². The molecule has 0 aromatic carbocycles. The fraction of sp³-hybridized carbons (Fsp3) is 0.917. The van der Waals surface area contributed by atoms with E-state index in [1.54, 1.807) is 0 Å². The molecule has 1 atom stereocenters. The van der Waals surface area contributed by atoms with Gasteiger partial charge in [-0.05, 0) is 26.2 Å². The van der Waals surface area contributed by atoms with Crippen LogP contribution in [0.15, 0.2) is 0 Å². The summed E-state index contributed by atoms with van der Waals surface area (Å²) < 4.78 is 5.09. The van der Waals surface area contributed by atoms with Crippen LogP contribution in [-0.4, -0.2) is 19.1 Å². The van der Waals surface area contributed by atoms with E-state index in [9.17, 15) is 4.79 Å². The van der Waals surface area contributed by atoms with Crippen molar-refractivity contribution in [3.8, 4) is 0 Å². The molecule has 0 aromatic heterocycles. The molecule has 3 heteroatoms. The van der Waals surface area contributed by atoms with Gasteiger partial charge in [-0.15, -0.1) is 0 Å². The predicted octanol–water partition coefficient (Wildman–Crippen LogP) is 2.09. The average molecular weight is 213 g/mol. The zero-order chi connectivity index (χ0) is 11.3. The molecule has 88 valence electrons. The Bertz CT molecular complexity index is 212. The van der Waals surface area contributed by atoms with Gasteiger partial charge < -0.3 is 10.5 Å². The Morgan fingerprint density at radius 2 is 2.07 bits per heavy atom. The lowest BCUT2D eigenvalue weighted by Gasteiger charge is -2.28. The van der Waals surface area contributed by atoms with Crippen molar-refractivity contribution in [2.45, 2.75) is 46.0 Å². The number of ether oxygens (including phenoxy) is 1. The quantitative estimate of drug-likeness (QED) is 0.711. The molecule has 0 spiro atoms. The number of hydrogen-bond acceptors (Lipinski definition) is 3. The van der Waals surface area contributed by atoms with Crippen molar-refractivity contribution in [2.24, 2.45) is 17.1 Å². The van der Waals surface area contributed by atoms with E-state index >= 15 is 0 Å². The number of hydrogen-bond donors (Lipinski definition) is 1. The molecule has 0 aliphatic heterocycles. The summed E-state index contributed by atoms with van der Waals surface area (Å²) in [5, 5.41) is 0. The highest BCUT2D eigenvalue weighted by molar-refractivity contribution is 5.76. The van der Waals surface area contributed by atoms with Gasteiger partial charge in [-0.3, -0.25) is 4.79 Å². The molecule has 1 saturated carbocycles. The zero-order valence-electron chi connectivity index (χ0n) is 9.92. The number of rotatable bonds is 5. The summed E-state index contributed by atoms with van der Waals surface area (Å²) in [5.41, 5.74) is 5.25. The molecule has 0 amide bonds. The van der Waals surface area contributed by atoms with Gasteiger partial charge in [0, 0.05) is 6.54 Å². The van der Waals surface area contributed by atoms with Crippen LogP contribution >= 0.6 is 0 Å². The van der Waals surface area contributed by atoms with E-state index in [1.807, 2.05) is 13.8 Å². The first kappa shape index (κ1) is 12.5. The fourth-order valence-electron chi connectivity index (χ4n) is 2.41. The van der Waals surface area contributed by atoms with Crippen molar-refractivity contribution < 1.29 is 9.53 Å². The predicted molar refractivity (Wildman–Crippen MR) is 60.4 cm³/mol. The number of carbonyl (C=O) groups is 1. The summed E-state index contributed by atoms with van der Waals surface area (Å²) in [5.74, 6) is 0.544. The van der Waals surface area contributed by atoms with E-state index in [-0.39, 0.29) is 5.97 Å². The molecular formula is C12H23NO2. The summed E-state index contributed by atoms with van der Waals surface area (Å²) in [6.45, 7) is 4.61. The summed E-state index contributed by atoms with van der Waals surface area (Å²) in [6.07, 6.45) is 5.98. The molecule has 1 rings (SSSR count). The third-order valence-electron chi connectivity index (χ3n) is 3.43. The average Bonchev–Trinajstić information content (AvgIpc) is 2.70. The van der Waals surface area contributed by atoms with Gasteiger partial charge in [0.25, 0.3) is 0 Å². The molecule has 2 N–H and O–H groups in total. The summed E-state index contributed by atoms with van der Waals surface area (Å²) in [7, 11) is 0. The van der Waals surface area contributed by atoms with Gasteiger partial charge in [0.2, 0.25) is 0 Å². The van der Waals surface area contributed by atoms with Crippen molar-refractivity contribution in [3.05, 3.63) is 0 Å². The molecule has 1 aliphatic carbocycles. The lowest BCUT2D eigenvalue weighted by atomic mass is 9.80. The van der Waals surface area contributed by atoms with Gasteiger partial charge in [-0.2, -0.15) is 0 Å². The largest absolute Gasteiger partial charge is 0.466 e. The fourth-order valence-corrected chi connectivity index (χ4v) is 2.41. The third-order valence-corrected chi connectivity index (χ3v) is 3.43. The second-order valence-electron chi connectivity index (χ2n) is 4.84. The van der Waals surface area contributed by atoms with Crippen LogP contribution in [0.4, 0.5) is 0 Å².